The van der Waals surface area contributed by atoms with Gasteiger partial charge in [0.05, 0.1) is 37.4 Å². The van der Waals surface area contributed by atoms with Crippen LogP contribution in [-0.4, -0.2) is 146 Å². The van der Waals surface area contributed by atoms with Gasteiger partial charge in [0.15, 0.2) is 0 Å². The summed E-state index contributed by atoms with van der Waals surface area (Å²) in [7, 11) is 3.25. The number of likely N-dealkylation sites (tertiary alicyclic amines) is 2. The number of para-hydroxylation sites is 2. The molecule has 4 heterocycles. The Morgan fingerprint density at radius 3 is 1.49 bits per heavy atom. The predicted molar refractivity (Wildman–Crippen MR) is 279 cm³/mol. The van der Waals surface area contributed by atoms with Crippen molar-refractivity contribution in [2.75, 3.05) is 40.4 Å². The fourth-order valence-corrected chi connectivity index (χ4v) is 9.90. The standard InChI is InChI=1S/C55H72N10O10/c1-30(2)45(62-47(66)31(3)56-8)53(72)64-28-35(26-41(64)51(70)60-39-21-23-74-43-19-12-10-17-37(39)43)58-49(68)33-15-14-16-34(25-33)50(69)59-36-27-42(52(71)61-40-22-24-75-44-20-13-11-18-38(40)44)65(29-36)54(73)46(55(5,6)7)63-48(67)32(4)57-9/h10-20,25,31-32,35-36,39-42,45-46,56-57H,1,21-24,26-29H2,2-9H3,(H,58,68)(H,59,69)(H,60,70)(H,61,71)(H,62,66)(H,63,67)/t31-,32-,35-,36-,39?,40?,41-,42-,45-,46+/m0/s1. The summed E-state index contributed by atoms with van der Waals surface area (Å²) in [5.74, 6) is -2.58. The summed E-state index contributed by atoms with van der Waals surface area (Å²) in [6.45, 7) is 15.0. The summed E-state index contributed by atoms with van der Waals surface area (Å²) in [6.07, 6.45) is 1.09. The van der Waals surface area contributed by atoms with Gasteiger partial charge in [-0.25, -0.2) is 0 Å². The number of rotatable bonds is 17. The van der Waals surface area contributed by atoms with Crippen molar-refractivity contribution in [2.45, 2.75) is 128 Å². The van der Waals surface area contributed by atoms with Crippen molar-refractivity contribution < 1.29 is 47.8 Å². The van der Waals surface area contributed by atoms with Crippen LogP contribution in [0.3, 0.4) is 0 Å². The van der Waals surface area contributed by atoms with Crippen LogP contribution in [0.4, 0.5) is 0 Å². The summed E-state index contributed by atoms with van der Waals surface area (Å²) in [5.41, 5.74) is 1.44. The van der Waals surface area contributed by atoms with Crippen molar-refractivity contribution in [1.82, 2.24) is 52.3 Å². The second kappa shape index (κ2) is 23.9. The van der Waals surface area contributed by atoms with Crippen molar-refractivity contribution >= 4 is 47.3 Å². The fourth-order valence-electron chi connectivity index (χ4n) is 9.90. The fraction of sp³-hybridized carbons (Fsp3) is 0.491. The van der Waals surface area contributed by atoms with Gasteiger partial charge < -0.3 is 61.8 Å². The number of amides is 8. The maximum atomic E-state index is 14.7. The lowest BCUT2D eigenvalue weighted by molar-refractivity contribution is -0.144. The topological polar surface area (TPSA) is 258 Å². The van der Waals surface area contributed by atoms with E-state index in [0.717, 1.165) is 11.1 Å². The molecule has 7 rings (SSSR count). The predicted octanol–water partition coefficient (Wildman–Crippen LogP) is 2.17. The van der Waals surface area contributed by atoms with Gasteiger partial charge in [-0.2, -0.15) is 0 Å². The SMILES string of the molecule is C=C(C)[C@H](NC(=O)[C@H](C)NC)C(=O)N1C[C@@H](NC(=O)c2cccc(C(=O)N[C@H]3C[C@@H](C(=O)NC4CCOc5ccccc54)N(C(=O)[C@@H](NC(=O)[C@H](C)NC)C(C)(C)C)C3)c2)C[C@H]1C(=O)NC1CCOc2ccccc21. The molecule has 8 amide bonds. The molecule has 0 aromatic heterocycles. The van der Waals surface area contributed by atoms with Gasteiger partial charge in [0.25, 0.3) is 11.8 Å². The molecule has 4 aliphatic rings. The van der Waals surface area contributed by atoms with E-state index >= 15 is 0 Å². The molecule has 3 aromatic rings. The van der Waals surface area contributed by atoms with Crippen molar-refractivity contribution in [2.24, 2.45) is 5.41 Å². The van der Waals surface area contributed by atoms with E-state index in [1.807, 2.05) is 69.3 Å². The minimum absolute atomic E-state index is 0.0408. The Morgan fingerprint density at radius 1 is 0.613 bits per heavy atom. The first kappa shape index (κ1) is 55.4. The molecular formula is C55H72N10O10. The highest BCUT2D eigenvalue weighted by Crippen LogP contribution is 2.34. The quantitative estimate of drug-likeness (QED) is 0.0906. The van der Waals surface area contributed by atoms with E-state index in [4.69, 9.17) is 9.47 Å². The number of likely N-dealkylation sites (N-methyl/N-ethyl adjacent to an activating group) is 2. The van der Waals surface area contributed by atoms with Crippen LogP contribution in [0.15, 0.2) is 84.9 Å². The van der Waals surface area contributed by atoms with Gasteiger partial charge in [0.2, 0.25) is 35.4 Å². The number of ether oxygens (including phenoxy) is 2. The van der Waals surface area contributed by atoms with Crippen LogP contribution in [0.2, 0.25) is 0 Å². The Hall–Kier alpha value is -7.32. The van der Waals surface area contributed by atoms with Gasteiger partial charge in [-0.15, -0.1) is 0 Å². The first-order chi connectivity index (χ1) is 35.7. The number of hydrogen-bond acceptors (Lipinski definition) is 12. The Bertz CT molecular complexity index is 2670. The first-order valence-corrected chi connectivity index (χ1v) is 25.7. The van der Waals surface area contributed by atoms with Gasteiger partial charge >= 0.3 is 0 Å². The van der Waals surface area contributed by atoms with E-state index in [2.05, 4.69) is 49.1 Å². The third-order valence-electron chi connectivity index (χ3n) is 14.5. The number of carbonyl (C=O) groups is 8. The van der Waals surface area contributed by atoms with Gasteiger partial charge in [0, 0.05) is 60.3 Å². The smallest absolute Gasteiger partial charge is 0.251 e. The molecule has 3 aromatic carbocycles. The molecule has 20 heteroatoms. The lowest BCUT2D eigenvalue weighted by Crippen LogP contribution is -2.59. The summed E-state index contributed by atoms with van der Waals surface area (Å²) in [4.78, 5) is 115. The highest BCUT2D eigenvalue weighted by molar-refractivity contribution is 6.01. The molecule has 2 fully saturated rings. The lowest BCUT2D eigenvalue weighted by atomic mass is 9.85. The van der Waals surface area contributed by atoms with E-state index < -0.39 is 113 Å². The number of hydrogen-bond donors (Lipinski definition) is 8. The molecule has 75 heavy (non-hydrogen) atoms. The van der Waals surface area contributed by atoms with Crippen molar-refractivity contribution in [3.8, 4) is 11.5 Å². The third-order valence-corrected chi connectivity index (χ3v) is 14.5. The van der Waals surface area contributed by atoms with Gasteiger partial charge in [-0.3, -0.25) is 38.4 Å². The number of benzene rings is 3. The highest BCUT2D eigenvalue weighted by Gasteiger charge is 2.47. The molecule has 2 saturated heterocycles. The molecule has 0 aliphatic carbocycles. The van der Waals surface area contributed by atoms with Crippen LogP contribution >= 0.6 is 0 Å². The molecule has 402 valence electrons. The van der Waals surface area contributed by atoms with Crippen molar-refractivity contribution in [1.29, 1.82) is 0 Å². The molecule has 4 aliphatic heterocycles. The third kappa shape index (κ3) is 13.0. The molecule has 0 spiro atoms. The minimum atomic E-state index is -1.16. The average Bonchev–Trinajstić information content (AvgIpc) is 4.03. The normalized spacial score (nSPS) is 22.5. The molecule has 8 N–H and O–H groups in total. The largest absolute Gasteiger partial charge is 0.493 e. The monoisotopic (exact) mass is 1030 g/mol. The zero-order valence-corrected chi connectivity index (χ0v) is 44.0. The van der Waals surface area contributed by atoms with Gasteiger partial charge in [-0.1, -0.05) is 69.8 Å². The molecular weight excluding hydrogens is 961 g/mol. The molecule has 0 saturated carbocycles. The van der Waals surface area contributed by atoms with Gasteiger partial charge in [-0.05, 0) is 89.0 Å². The molecule has 2 unspecified atom stereocenters. The van der Waals surface area contributed by atoms with Crippen LogP contribution in [0.25, 0.3) is 0 Å². The van der Waals surface area contributed by atoms with E-state index in [0.29, 0.717) is 43.1 Å². The summed E-state index contributed by atoms with van der Waals surface area (Å²) >= 11 is 0. The molecule has 20 nitrogen and oxygen atoms in total. The zero-order chi connectivity index (χ0) is 54.3. The Balaban J connectivity index is 1.08. The lowest BCUT2D eigenvalue weighted by Gasteiger charge is -2.36. The number of nitrogens with one attached hydrogen (secondary N) is 8. The number of nitrogens with zero attached hydrogens (tertiary/aromatic N) is 2. The summed E-state index contributed by atoms with van der Waals surface area (Å²) in [5, 5.41) is 23.6. The van der Waals surface area contributed by atoms with Crippen molar-refractivity contribution in [3.63, 3.8) is 0 Å². The molecule has 10 atom stereocenters. The second-order valence-corrected chi connectivity index (χ2v) is 21.0. The maximum absolute atomic E-state index is 14.7. The van der Waals surface area contributed by atoms with Crippen LogP contribution in [0.5, 0.6) is 11.5 Å². The average molecular weight is 1030 g/mol. The molecule has 0 bridgehead atoms. The summed E-state index contributed by atoms with van der Waals surface area (Å²) in [6, 6.07) is 13.1. The number of carbonyl (C=O) groups excluding carboxylic acids is 8. The summed E-state index contributed by atoms with van der Waals surface area (Å²) < 4.78 is 11.6. The molecule has 0 radical (unpaired) electrons. The van der Waals surface area contributed by atoms with Gasteiger partial charge in [0.1, 0.15) is 35.7 Å². The second-order valence-electron chi connectivity index (χ2n) is 21.0. The Kier molecular flexibility index (Phi) is 17.7. The van der Waals surface area contributed by atoms with E-state index in [-0.39, 0.29) is 37.1 Å². The number of fused-ring (bicyclic) bond motifs is 2. The van der Waals surface area contributed by atoms with E-state index in [9.17, 15) is 38.4 Å². The minimum Gasteiger partial charge on any atom is -0.493 e. The van der Waals surface area contributed by atoms with Crippen LogP contribution in [-0.2, 0) is 28.8 Å². The van der Waals surface area contributed by atoms with Crippen LogP contribution in [0.1, 0.15) is 111 Å². The first-order valence-electron chi connectivity index (χ1n) is 25.7. The van der Waals surface area contributed by atoms with E-state index in [1.54, 1.807) is 40.9 Å². The van der Waals surface area contributed by atoms with Crippen LogP contribution < -0.4 is 52.0 Å². The van der Waals surface area contributed by atoms with Crippen LogP contribution in [0, 0.1) is 5.41 Å². The van der Waals surface area contributed by atoms with E-state index in [1.165, 1.54) is 28.0 Å². The Labute approximate surface area is 438 Å². The highest BCUT2D eigenvalue weighted by atomic mass is 16.5. The maximum Gasteiger partial charge on any atom is 0.251 e. The van der Waals surface area contributed by atoms with Crippen molar-refractivity contribution in [3.05, 3.63) is 107 Å². The Morgan fingerprint density at radius 2 is 1.05 bits per heavy atom. The zero-order valence-electron chi connectivity index (χ0n) is 44.0.